The van der Waals surface area contributed by atoms with Crippen LogP contribution in [0.5, 0.6) is 0 Å². The minimum Gasteiger partial charge on any atom is -0.465 e. The molecule has 0 spiro atoms. The third-order valence-corrected chi connectivity index (χ3v) is 3.04. The molecule has 3 nitrogen and oxygen atoms in total. The van der Waals surface area contributed by atoms with Gasteiger partial charge in [-0.3, -0.25) is 4.79 Å². The van der Waals surface area contributed by atoms with Crippen molar-refractivity contribution in [2.45, 2.75) is 25.8 Å². The molecule has 104 valence electrons. The van der Waals surface area contributed by atoms with Gasteiger partial charge in [-0.1, -0.05) is 36.4 Å². The average Bonchev–Trinajstić information content (AvgIpc) is 2.98. The van der Waals surface area contributed by atoms with Crippen molar-refractivity contribution in [3.63, 3.8) is 0 Å². The maximum atomic E-state index is 11.8. The van der Waals surface area contributed by atoms with Crippen molar-refractivity contribution in [3.05, 3.63) is 66.1 Å². The molecule has 0 aliphatic carbocycles. The SMILES string of the molecule is CC(NC(=O)CCC=Cc1ccco1)c1ccccc1. The van der Waals surface area contributed by atoms with Gasteiger partial charge in [-0.25, -0.2) is 0 Å². The minimum absolute atomic E-state index is 0.0396. The maximum absolute atomic E-state index is 11.8. The third kappa shape index (κ3) is 4.43. The lowest BCUT2D eigenvalue weighted by atomic mass is 10.1. The lowest BCUT2D eigenvalue weighted by molar-refractivity contribution is -0.121. The van der Waals surface area contributed by atoms with Crippen LogP contribution in [0.4, 0.5) is 0 Å². The van der Waals surface area contributed by atoms with Crippen LogP contribution in [0.2, 0.25) is 0 Å². The third-order valence-electron chi connectivity index (χ3n) is 3.04. The summed E-state index contributed by atoms with van der Waals surface area (Å²) in [6.07, 6.45) is 6.65. The molecule has 2 aromatic rings. The molecule has 2 rings (SSSR count). The van der Waals surface area contributed by atoms with Crippen LogP contribution in [0, 0.1) is 0 Å². The summed E-state index contributed by atoms with van der Waals surface area (Å²) >= 11 is 0. The first kappa shape index (κ1) is 14.1. The Morgan fingerprint density at radius 1 is 1.25 bits per heavy atom. The summed E-state index contributed by atoms with van der Waals surface area (Å²) < 4.78 is 5.18. The van der Waals surface area contributed by atoms with Gasteiger partial charge in [0.1, 0.15) is 5.76 Å². The number of hydrogen-bond acceptors (Lipinski definition) is 2. The van der Waals surface area contributed by atoms with Crippen LogP contribution in [0.1, 0.15) is 37.1 Å². The molecule has 0 saturated heterocycles. The van der Waals surface area contributed by atoms with Gasteiger partial charge >= 0.3 is 0 Å². The number of allylic oxidation sites excluding steroid dienone is 1. The van der Waals surface area contributed by atoms with E-state index in [0.29, 0.717) is 12.8 Å². The second-order valence-electron chi connectivity index (χ2n) is 4.66. The van der Waals surface area contributed by atoms with Crippen LogP contribution in [0.25, 0.3) is 6.08 Å². The van der Waals surface area contributed by atoms with Crippen LogP contribution < -0.4 is 5.32 Å². The Balaban J connectivity index is 1.73. The van der Waals surface area contributed by atoms with E-state index in [2.05, 4.69) is 5.32 Å². The Labute approximate surface area is 119 Å². The Hall–Kier alpha value is -2.29. The lowest BCUT2D eigenvalue weighted by Gasteiger charge is -2.13. The van der Waals surface area contributed by atoms with Crippen molar-refractivity contribution >= 4 is 12.0 Å². The summed E-state index contributed by atoms with van der Waals surface area (Å²) in [5, 5.41) is 2.99. The molecule has 0 bridgehead atoms. The molecule has 1 aromatic carbocycles. The summed E-state index contributed by atoms with van der Waals surface area (Å²) in [7, 11) is 0. The molecule has 1 amide bonds. The molecule has 1 N–H and O–H groups in total. The Morgan fingerprint density at radius 3 is 2.75 bits per heavy atom. The van der Waals surface area contributed by atoms with Crippen LogP contribution in [0.15, 0.2) is 59.2 Å². The molecule has 0 aliphatic rings. The molecule has 1 aromatic heterocycles. The average molecular weight is 269 g/mol. The van der Waals surface area contributed by atoms with Gasteiger partial charge in [-0.15, -0.1) is 0 Å². The van der Waals surface area contributed by atoms with Gasteiger partial charge in [0.25, 0.3) is 0 Å². The molecule has 1 atom stereocenters. The van der Waals surface area contributed by atoms with Gasteiger partial charge in [-0.2, -0.15) is 0 Å². The van der Waals surface area contributed by atoms with E-state index in [-0.39, 0.29) is 11.9 Å². The van der Waals surface area contributed by atoms with Gasteiger partial charge in [-0.05, 0) is 37.1 Å². The monoisotopic (exact) mass is 269 g/mol. The zero-order valence-electron chi connectivity index (χ0n) is 11.6. The standard InChI is InChI=1S/C17H19NO2/c1-14(15-8-3-2-4-9-15)18-17(19)12-6-5-10-16-11-7-13-20-16/h2-5,7-11,13-14H,6,12H2,1H3,(H,18,19). The fraction of sp³-hybridized carbons (Fsp3) is 0.235. The highest BCUT2D eigenvalue weighted by Crippen LogP contribution is 2.11. The Morgan fingerprint density at radius 2 is 2.05 bits per heavy atom. The van der Waals surface area contributed by atoms with Gasteiger partial charge in [0.2, 0.25) is 5.91 Å². The van der Waals surface area contributed by atoms with Crippen LogP contribution in [0.3, 0.4) is 0 Å². The molecule has 0 saturated carbocycles. The highest BCUT2D eigenvalue weighted by molar-refractivity contribution is 5.76. The fourth-order valence-corrected chi connectivity index (χ4v) is 1.94. The van der Waals surface area contributed by atoms with E-state index in [0.717, 1.165) is 11.3 Å². The second-order valence-corrected chi connectivity index (χ2v) is 4.66. The summed E-state index contributed by atoms with van der Waals surface area (Å²) in [5.41, 5.74) is 1.12. The molecular weight excluding hydrogens is 250 g/mol. The highest BCUT2D eigenvalue weighted by Gasteiger charge is 2.07. The topological polar surface area (TPSA) is 42.2 Å². The smallest absolute Gasteiger partial charge is 0.220 e. The molecule has 3 heteroatoms. The highest BCUT2D eigenvalue weighted by atomic mass is 16.3. The van der Waals surface area contributed by atoms with Crippen molar-refractivity contribution in [3.8, 4) is 0 Å². The quantitative estimate of drug-likeness (QED) is 0.862. The molecule has 0 aliphatic heterocycles. The fourth-order valence-electron chi connectivity index (χ4n) is 1.94. The molecular formula is C17H19NO2. The normalized spacial score (nSPS) is 12.4. The first-order valence-corrected chi connectivity index (χ1v) is 6.80. The molecule has 0 radical (unpaired) electrons. The van der Waals surface area contributed by atoms with Crippen molar-refractivity contribution in [2.75, 3.05) is 0 Å². The number of hydrogen-bond donors (Lipinski definition) is 1. The number of nitrogens with one attached hydrogen (secondary N) is 1. The summed E-state index contributed by atoms with van der Waals surface area (Å²) in [6, 6.07) is 13.7. The molecule has 20 heavy (non-hydrogen) atoms. The van der Waals surface area contributed by atoms with Gasteiger partial charge in [0.05, 0.1) is 12.3 Å². The van der Waals surface area contributed by atoms with Crippen LogP contribution in [-0.4, -0.2) is 5.91 Å². The van der Waals surface area contributed by atoms with E-state index in [1.807, 2.05) is 61.5 Å². The number of carbonyl (C=O) groups is 1. The number of rotatable bonds is 6. The molecule has 1 heterocycles. The Kier molecular flexibility index (Phi) is 5.18. The van der Waals surface area contributed by atoms with E-state index in [9.17, 15) is 4.79 Å². The van der Waals surface area contributed by atoms with E-state index in [4.69, 9.17) is 4.42 Å². The second kappa shape index (κ2) is 7.34. The summed E-state index contributed by atoms with van der Waals surface area (Å²) in [6.45, 7) is 1.99. The number of carbonyl (C=O) groups excluding carboxylic acids is 1. The zero-order chi connectivity index (χ0) is 14.2. The van der Waals surface area contributed by atoms with Crippen molar-refractivity contribution in [2.24, 2.45) is 0 Å². The van der Waals surface area contributed by atoms with Crippen LogP contribution >= 0.6 is 0 Å². The minimum atomic E-state index is 0.0396. The van der Waals surface area contributed by atoms with E-state index in [1.165, 1.54) is 0 Å². The number of furan rings is 1. The van der Waals surface area contributed by atoms with Crippen LogP contribution in [-0.2, 0) is 4.79 Å². The van der Waals surface area contributed by atoms with E-state index >= 15 is 0 Å². The van der Waals surface area contributed by atoms with E-state index in [1.54, 1.807) is 6.26 Å². The van der Waals surface area contributed by atoms with Crippen molar-refractivity contribution in [1.82, 2.24) is 5.32 Å². The molecule has 0 fully saturated rings. The zero-order valence-corrected chi connectivity index (χ0v) is 11.6. The van der Waals surface area contributed by atoms with Gasteiger partial charge in [0.15, 0.2) is 0 Å². The predicted molar refractivity (Wildman–Crippen MR) is 80.0 cm³/mol. The summed E-state index contributed by atoms with van der Waals surface area (Å²) in [5.74, 6) is 0.869. The maximum Gasteiger partial charge on any atom is 0.220 e. The number of amides is 1. The first-order valence-electron chi connectivity index (χ1n) is 6.80. The molecule has 1 unspecified atom stereocenters. The number of benzene rings is 1. The predicted octanol–water partition coefficient (Wildman–Crippen LogP) is 3.95. The first-order chi connectivity index (χ1) is 9.75. The van der Waals surface area contributed by atoms with E-state index < -0.39 is 0 Å². The Bertz CT molecular complexity index is 544. The lowest BCUT2D eigenvalue weighted by Crippen LogP contribution is -2.26. The van der Waals surface area contributed by atoms with Crippen molar-refractivity contribution < 1.29 is 9.21 Å². The summed E-state index contributed by atoms with van der Waals surface area (Å²) in [4.78, 5) is 11.8. The van der Waals surface area contributed by atoms with Gasteiger partial charge in [0, 0.05) is 6.42 Å². The largest absolute Gasteiger partial charge is 0.465 e. The van der Waals surface area contributed by atoms with Crippen molar-refractivity contribution in [1.29, 1.82) is 0 Å². The van der Waals surface area contributed by atoms with Gasteiger partial charge < -0.3 is 9.73 Å².